The Hall–Kier alpha value is -5.50. The van der Waals surface area contributed by atoms with Gasteiger partial charge in [-0.2, -0.15) is 0 Å². The van der Waals surface area contributed by atoms with Gasteiger partial charge in [0, 0.05) is 28.0 Å². The molecule has 0 aliphatic heterocycles. The quantitative estimate of drug-likeness (QED) is 0.118. The Kier molecular flexibility index (Phi) is 6.65. The van der Waals surface area contributed by atoms with E-state index < -0.39 is 11.6 Å². The van der Waals surface area contributed by atoms with Crippen LogP contribution in [0.5, 0.6) is 23.0 Å². The average molecular weight is 549 g/mol. The number of hydrogen-bond donors (Lipinski definition) is 0. The van der Waals surface area contributed by atoms with Crippen LogP contribution in [0.1, 0.15) is 10.4 Å². The van der Waals surface area contributed by atoms with Crippen LogP contribution in [0.25, 0.3) is 44.4 Å². The van der Waals surface area contributed by atoms with E-state index in [1.54, 1.807) is 43.5 Å². The van der Waals surface area contributed by atoms with Gasteiger partial charge in [0.25, 0.3) is 0 Å². The molecule has 0 aliphatic rings. The molecule has 0 amide bonds. The zero-order valence-electron chi connectivity index (χ0n) is 22.4. The molecular weight excluding hydrogens is 524 g/mol. The lowest BCUT2D eigenvalue weighted by Gasteiger charge is -2.15. The predicted molar refractivity (Wildman–Crippen MR) is 154 cm³/mol. The summed E-state index contributed by atoms with van der Waals surface area (Å²) in [7, 11) is 4.49. The molecule has 0 unspecified atom stereocenters. The Morgan fingerprint density at radius 3 is 2.05 bits per heavy atom. The summed E-state index contributed by atoms with van der Waals surface area (Å²) >= 11 is 0. The third-order valence-corrected chi connectivity index (χ3v) is 6.76. The summed E-state index contributed by atoms with van der Waals surface area (Å²) in [6, 6.07) is 26.4. The molecule has 0 spiro atoms. The van der Waals surface area contributed by atoms with Crippen molar-refractivity contribution in [3.05, 3.63) is 107 Å². The summed E-state index contributed by atoms with van der Waals surface area (Å²) < 4.78 is 34.1. The van der Waals surface area contributed by atoms with Crippen molar-refractivity contribution < 1.29 is 32.6 Å². The highest BCUT2D eigenvalue weighted by Crippen LogP contribution is 2.41. The molecule has 204 valence electrons. The van der Waals surface area contributed by atoms with Crippen LogP contribution in [0.4, 0.5) is 0 Å². The van der Waals surface area contributed by atoms with Crippen molar-refractivity contribution in [1.82, 2.24) is 0 Å². The molecule has 41 heavy (non-hydrogen) atoms. The lowest BCUT2D eigenvalue weighted by molar-refractivity contribution is 0.0728. The second-order valence-corrected chi connectivity index (χ2v) is 9.11. The number of methoxy groups -OCH3 is 3. The molecule has 0 N–H and O–H groups in total. The Labute approximate surface area is 234 Å². The number of rotatable bonds is 7. The van der Waals surface area contributed by atoms with E-state index in [1.807, 2.05) is 48.5 Å². The van der Waals surface area contributed by atoms with Crippen LogP contribution in [0.2, 0.25) is 0 Å². The summed E-state index contributed by atoms with van der Waals surface area (Å²) in [4.78, 5) is 26.3. The topological polar surface area (TPSA) is 97.3 Å². The molecule has 8 heteroatoms. The molecule has 4 aromatic carbocycles. The van der Waals surface area contributed by atoms with Gasteiger partial charge in [-0.25, -0.2) is 9.59 Å². The van der Waals surface area contributed by atoms with Gasteiger partial charge >= 0.3 is 11.6 Å². The number of benzene rings is 4. The van der Waals surface area contributed by atoms with Gasteiger partial charge in [0.05, 0.1) is 21.3 Å². The molecule has 0 saturated heterocycles. The van der Waals surface area contributed by atoms with Crippen LogP contribution >= 0.6 is 0 Å². The van der Waals surface area contributed by atoms with Gasteiger partial charge in [-0.3, -0.25) is 0 Å². The van der Waals surface area contributed by atoms with Crippen molar-refractivity contribution >= 4 is 27.9 Å². The normalized spacial score (nSPS) is 11.0. The van der Waals surface area contributed by atoms with Gasteiger partial charge in [0.1, 0.15) is 34.2 Å². The number of carbonyl (C=O) groups is 1. The van der Waals surface area contributed by atoms with E-state index in [0.29, 0.717) is 50.7 Å². The van der Waals surface area contributed by atoms with Crippen molar-refractivity contribution in [3.63, 3.8) is 0 Å². The maximum atomic E-state index is 13.6. The predicted octanol–water partition coefficient (Wildman–Crippen LogP) is 7.12. The second-order valence-electron chi connectivity index (χ2n) is 9.11. The molecular formula is C33H24O8. The van der Waals surface area contributed by atoms with Crippen molar-refractivity contribution in [3.8, 4) is 45.4 Å². The molecule has 0 atom stereocenters. The van der Waals surface area contributed by atoms with Crippen molar-refractivity contribution in [1.29, 1.82) is 0 Å². The number of furan rings is 1. The summed E-state index contributed by atoms with van der Waals surface area (Å²) in [6.45, 7) is 0. The molecule has 6 rings (SSSR count). The number of hydrogen-bond acceptors (Lipinski definition) is 8. The minimum absolute atomic E-state index is 0.140. The maximum Gasteiger partial charge on any atom is 0.351 e. The first-order valence-electron chi connectivity index (χ1n) is 12.7. The Morgan fingerprint density at radius 2 is 1.34 bits per heavy atom. The first-order valence-corrected chi connectivity index (χ1v) is 12.7. The van der Waals surface area contributed by atoms with Crippen LogP contribution < -0.4 is 24.6 Å². The van der Waals surface area contributed by atoms with Gasteiger partial charge in [-0.15, -0.1) is 0 Å². The highest BCUT2D eigenvalue weighted by atomic mass is 16.5. The molecule has 0 saturated carbocycles. The average Bonchev–Trinajstić information content (AvgIpc) is 3.45. The van der Waals surface area contributed by atoms with Crippen LogP contribution in [-0.2, 0) is 0 Å². The van der Waals surface area contributed by atoms with Gasteiger partial charge < -0.3 is 27.8 Å². The van der Waals surface area contributed by atoms with Gasteiger partial charge in [0.2, 0.25) is 0 Å². The SMILES string of the molecule is COc1cccc(OC)c1C(=O)Oc1cc2c(-c3cc4cccc(OC)c4o3)cc(=O)oc2cc1-c1ccccc1. The molecule has 0 aliphatic carbocycles. The highest BCUT2D eigenvalue weighted by molar-refractivity contribution is 6.01. The highest BCUT2D eigenvalue weighted by Gasteiger charge is 2.24. The molecule has 2 aromatic heterocycles. The first-order chi connectivity index (χ1) is 20.0. The smallest absolute Gasteiger partial charge is 0.351 e. The number of carbonyl (C=O) groups excluding carboxylic acids is 1. The molecule has 6 aromatic rings. The van der Waals surface area contributed by atoms with E-state index in [0.717, 1.165) is 10.9 Å². The zero-order chi connectivity index (χ0) is 28.5. The van der Waals surface area contributed by atoms with E-state index >= 15 is 0 Å². The Balaban J connectivity index is 1.57. The van der Waals surface area contributed by atoms with E-state index in [1.165, 1.54) is 20.3 Å². The number of fused-ring (bicyclic) bond motifs is 2. The fourth-order valence-corrected chi connectivity index (χ4v) is 4.85. The van der Waals surface area contributed by atoms with Crippen LogP contribution in [0.3, 0.4) is 0 Å². The molecule has 0 radical (unpaired) electrons. The fraction of sp³-hybridized carbons (Fsp3) is 0.0909. The number of esters is 1. The molecule has 0 fully saturated rings. The van der Waals surface area contributed by atoms with Gasteiger partial charge in [0.15, 0.2) is 11.3 Å². The van der Waals surface area contributed by atoms with Crippen molar-refractivity contribution in [2.45, 2.75) is 0 Å². The van der Waals surface area contributed by atoms with Crippen LogP contribution in [-0.4, -0.2) is 27.3 Å². The largest absolute Gasteiger partial charge is 0.496 e. The van der Waals surface area contributed by atoms with Crippen LogP contribution in [0, 0.1) is 0 Å². The van der Waals surface area contributed by atoms with Crippen molar-refractivity contribution in [2.75, 3.05) is 21.3 Å². The summed E-state index contributed by atoms with van der Waals surface area (Å²) in [6.07, 6.45) is 0. The second kappa shape index (κ2) is 10.6. The standard InChI is InChI=1S/C33H24O8/c1-36-24-12-8-13-25(37-2)31(24)33(35)41-28-17-22-23(27-15-20-11-7-14-26(38-3)32(20)40-27)18-30(34)39-29(22)16-21(28)19-9-5-4-6-10-19/h4-18H,1-3H3. The fourth-order valence-electron chi connectivity index (χ4n) is 4.85. The van der Waals surface area contributed by atoms with Crippen LogP contribution in [0.15, 0.2) is 105 Å². The summed E-state index contributed by atoms with van der Waals surface area (Å²) in [5, 5.41) is 1.31. The van der Waals surface area contributed by atoms with E-state index in [4.69, 9.17) is 27.8 Å². The monoisotopic (exact) mass is 548 g/mol. The van der Waals surface area contributed by atoms with E-state index in [2.05, 4.69) is 0 Å². The summed E-state index contributed by atoms with van der Waals surface area (Å²) in [5.41, 5.74) is 2.21. The Morgan fingerprint density at radius 1 is 0.659 bits per heavy atom. The third-order valence-electron chi connectivity index (χ3n) is 6.76. The lowest BCUT2D eigenvalue weighted by Crippen LogP contribution is -2.12. The maximum absolute atomic E-state index is 13.6. The number of para-hydroxylation sites is 1. The van der Waals surface area contributed by atoms with Gasteiger partial charge in [-0.1, -0.05) is 48.5 Å². The minimum atomic E-state index is -0.678. The van der Waals surface area contributed by atoms with Crippen molar-refractivity contribution in [2.24, 2.45) is 0 Å². The van der Waals surface area contributed by atoms with E-state index in [9.17, 15) is 9.59 Å². The first kappa shape index (κ1) is 25.8. The molecule has 8 nitrogen and oxygen atoms in total. The number of ether oxygens (including phenoxy) is 4. The molecule has 0 bridgehead atoms. The minimum Gasteiger partial charge on any atom is -0.496 e. The van der Waals surface area contributed by atoms with E-state index in [-0.39, 0.29) is 11.3 Å². The third kappa shape index (κ3) is 4.65. The van der Waals surface area contributed by atoms with Gasteiger partial charge in [-0.05, 0) is 42.0 Å². The lowest BCUT2D eigenvalue weighted by atomic mass is 10.00. The zero-order valence-corrected chi connectivity index (χ0v) is 22.4. The molecule has 2 heterocycles. The summed E-state index contributed by atoms with van der Waals surface area (Å²) in [5.74, 6) is 1.17. The Bertz CT molecular complexity index is 1950.